The average Bonchev–Trinajstić information content (AvgIpc) is 2.41. The predicted octanol–water partition coefficient (Wildman–Crippen LogP) is 1.06. The summed E-state index contributed by atoms with van der Waals surface area (Å²) in [7, 11) is 3.08. The van der Waals surface area contributed by atoms with E-state index in [4.69, 9.17) is 14.6 Å². The Balaban J connectivity index is 2.26. The molecule has 0 aliphatic carbocycles. The molecule has 1 aliphatic heterocycles. The molecule has 6 heteroatoms. The summed E-state index contributed by atoms with van der Waals surface area (Å²) in [6, 6.07) is 5.07. The number of methoxy groups -OCH3 is 2. The normalized spacial score (nSPS) is 17.9. The predicted molar refractivity (Wildman–Crippen MR) is 66.3 cm³/mol. The van der Waals surface area contributed by atoms with E-state index < -0.39 is 5.97 Å². The number of carbonyl (C=O) groups is 2. The number of carbonyl (C=O) groups excluding carboxylic acids is 1. The first-order chi connectivity index (χ1) is 9.05. The van der Waals surface area contributed by atoms with Crippen LogP contribution in [-0.4, -0.2) is 42.6 Å². The lowest BCUT2D eigenvalue weighted by Gasteiger charge is -2.39. The van der Waals surface area contributed by atoms with Crippen LogP contribution >= 0.6 is 0 Å². The number of likely N-dealkylation sites (tertiary alicyclic amines) is 1. The van der Waals surface area contributed by atoms with Crippen LogP contribution in [0.5, 0.6) is 11.5 Å². The highest BCUT2D eigenvalue weighted by Gasteiger charge is 2.38. The lowest BCUT2D eigenvalue weighted by molar-refractivity contribution is -0.155. The Morgan fingerprint density at radius 3 is 2.32 bits per heavy atom. The lowest BCUT2D eigenvalue weighted by atomic mass is 9.93. The van der Waals surface area contributed by atoms with Crippen molar-refractivity contribution in [3.05, 3.63) is 23.8 Å². The molecule has 0 radical (unpaired) electrons. The minimum Gasteiger partial charge on any atom is -0.497 e. The largest absolute Gasteiger partial charge is 0.497 e. The summed E-state index contributed by atoms with van der Waals surface area (Å²) in [4.78, 5) is 23.5. The van der Waals surface area contributed by atoms with Gasteiger partial charge in [-0.2, -0.15) is 0 Å². The van der Waals surface area contributed by atoms with Crippen molar-refractivity contribution in [3.8, 4) is 11.5 Å². The van der Waals surface area contributed by atoms with Crippen LogP contribution in [0.25, 0.3) is 0 Å². The number of hydrogen-bond acceptors (Lipinski definition) is 4. The average molecular weight is 265 g/mol. The van der Waals surface area contributed by atoms with E-state index >= 15 is 0 Å². The first-order valence-electron chi connectivity index (χ1n) is 5.79. The van der Waals surface area contributed by atoms with Crippen LogP contribution in [0.4, 0.5) is 0 Å². The Morgan fingerprint density at radius 1 is 1.32 bits per heavy atom. The molecule has 1 aliphatic rings. The summed E-state index contributed by atoms with van der Waals surface area (Å²) in [5.74, 6) is 0.0510. The summed E-state index contributed by atoms with van der Waals surface area (Å²) < 4.78 is 10.3. The number of benzene rings is 1. The van der Waals surface area contributed by atoms with Crippen molar-refractivity contribution in [1.29, 1.82) is 0 Å². The van der Waals surface area contributed by atoms with Gasteiger partial charge in [-0.3, -0.25) is 9.59 Å². The zero-order chi connectivity index (χ0) is 14.0. The molecule has 19 heavy (non-hydrogen) atoms. The molecule has 1 aromatic rings. The Bertz CT molecular complexity index is 492. The van der Waals surface area contributed by atoms with E-state index in [0.29, 0.717) is 17.9 Å². The first-order valence-corrected chi connectivity index (χ1v) is 5.79. The summed E-state index contributed by atoms with van der Waals surface area (Å²) in [5, 5.41) is 8.79. The van der Waals surface area contributed by atoms with Gasteiger partial charge in [-0.1, -0.05) is 0 Å². The number of carboxylic acids is 1. The fraction of sp³-hybridized carbons (Fsp3) is 0.385. The fourth-order valence-corrected chi connectivity index (χ4v) is 2.12. The molecule has 1 amide bonds. The van der Waals surface area contributed by atoms with E-state index in [2.05, 4.69) is 0 Å². The van der Waals surface area contributed by atoms with Gasteiger partial charge in [0, 0.05) is 6.07 Å². The molecule has 1 saturated heterocycles. The number of amides is 1. The van der Waals surface area contributed by atoms with Crippen molar-refractivity contribution >= 4 is 11.9 Å². The summed E-state index contributed by atoms with van der Waals surface area (Å²) in [6.45, 7) is -0.289. The number of hydrogen-bond donors (Lipinski definition) is 1. The second-order valence-corrected chi connectivity index (χ2v) is 4.28. The van der Waals surface area contributed by atoms with E-state index in [0.717, 1.165) is 5.56 Å². The number of carboxylic acid groups (broad SMARTS) is 1. The van der Waals surface area contributed by atoms with Gasteiger partial charge in [-0.25, -0.2) is 0 Å². The van der Waals surface area contributed by atoms with E-state index in [9.17, 15) is 9.59 Å². The molecule has 6 nitrogen and oxygen atoms in total. The zero-order valence-corrected chi connectivity index (χ0v) is 10.8. The topological polar surface area (TPSA) is 76.1 Å². The van der Waals surface area contributed by atoms with E-state index in [1.807, 2.05) is 0 Å². The van der Waals surface area contributed by atoms with Gasteiger partial charge < -0.3 is 19.5 Å². The van der Waals surface area contributed by atoms with Gasteiger partial charge in [0.05, 0.1) is 26.7 Å². The quantitative estimate of drug-likeness (QED) is 0.806. The summed E-state index contributed by atoms with van der Waals surface area (Å²) >= 11 is 0. The van der Waals surface area contributed by atoms with Gasteiger partial charge in [-0.15, -0.1) is 0 Å². The highest BCUT2D eigenvalue weighted by molar-refractivity contribution is 5.87. The molecule has 1 N–H and O–H groups in total. The molecule has 0 aromatic heterocycles. The third-order valence-corrected chi connectivity index (χ3v) is 3.13. The molecule has 1 unspecified atom stereocenters. The van der Waals surface area contributed by atoms with Crippen LogP contribution in [0.15, 0.2) is 18.2 Å². The Labute approximate surface area is 110 Å². The molecular weight excluding hydrogens is 250 g/mol. The summed E-state index contributed by atoms with van der Waals surface area (Å²) in [6.07, 6.45) is 0.309. The number of rotatable bonds is 5. The highest BCUT2D eigenvalue weighted by Crippen LogP contribution is 2.37. The smallest absolute Gasteiger partial charge is 0.323 e. The number of β-lactam (4-membered cyclic amide) rings is 1. The van der Waals surface area contributed by atoms with Crippen molar-refractivity contribution in [2.24, 2.45) is 0 Å². The van der Waals surface area contributed by atoms with Crippen molar-refractivity contribution < 1.29 is 24.2 Å². The Morgan fingerprint density at radius 2 is 1.89 bits per heavy atom. The third kappa shape index (κ3) is 2.62. The monoisotopic (exact) mass is 265 g/mol. The molecule has 1 aromatic carbocycles. The maximum atomic E-state index is 11.5. The maximum Gasteiger partial charge on any atom is 0.323 e. The zero-order valence-electron chi connectivity index (χ0n) is 10.8. The summed E-state index contributed by atoms with van der Waals surface area (Å²) in [5.41, 5.74) is 0.817. The highest BCUT2D eigenvalue weighted by atomic mass is 16.5. The van der Waals surface area contributed by atoms with Crippen molar-refractivity contribution in [3.63, 3.8) is 0 Å². The molecule has 1 heterocycles. The lowest BCUT2D eigenvalue weighted by Crippen LogP contribution is -2.48. The minimum absolute atomic E-state index is 0.158. The standard InChI is InChI=1S/C13H15NO5/c1-18-9-3-8(4-10(5-9)19-2)11-6-12(15)14(11)7-13(16)17/h3-5,11H,6-7H2,1-2H3,(H,16,17). The number of nitrogens with zero attached hydrogens (tertiary/aromatic N) is 1. The Hall–Kier alpha value is -2.24. The molecule has 0 saturated carbocycles. The van der Waals surface area contributed by atoms with Crippen LogP contribution < -0.4 is 9.47 Å². The van der Waals surface area contributed by atoms with Crippen molar-refractivity contribution in [2.45, 2.75) is 12.5 Å². The molecule has 0 bridgehead atoms. The van der Waals surface area contributed by atoms with Crippen LogP contribution in [-0.2, 0) is 9.59 Å². The number of ether oxygens (including phenoxy) is 2. The van der Waals surface area contributed by atoms with Gasteiger partial charge in [0.15, 0.2) is 0 Å². The van der Waals surface area contributed by atoms with E-state index in [1.165, 1.54) is 4.90 Å². The molecule has 0 spiro atoms. The SMILES string of the molecule is COc1cc(OC)cc(C2CC(=O)N2CC(=O)O)c1. The molecule has 102 valence electrons. The van der Waals surface area contributed by atoms with Gasteiger partial charge >= 0.3 is 5.97 Å². The molecule has 1 atom stereocenters. The van der Waals surface area contributed by atoms with Crippen LogP contribution in [0.1, 0.15) is 18.0 Å². The van der Waals surface area contributed by atoms with Crippen LogP contribution in [0.3, 0.4) is 0 Å². The first kappa shape index (κ1) is 13.2. The van der Waals surface area contributed by atoms with Crippen molar-refractivity contribution in [2.75, 3.05) is 20.8 Å². The van der Waals surface area contributed by atoms with Gasteiger partial charge in [0.2, 0.25) is 5.91 Å². The minimum atomic E-state index is -1.02. The van der Waals surface area contributed by atoms with Gasteiger partial charge in [-0.05, 0) is 17.7 Å². The van der Waals surface area contributed by atoms with Gasteiger partial charge in [0.25, 0.3) is 0 Å². The van der Waals surface area contributed by atoms with Gasteiger partial charge in [0.1, 0.15) is 18.0 Å². The van der Waals surface area contributed by atoms with E-state index in [1.54, 1.807) is 32.4 Å². The van der Waals surface area contributed by atoms with Crippen molar-refractivity contribution in [1.82, 2.24) is 4.90 Å². The second-order valence-electron chi connectivity index (χ2n) is 4.28. The second kappa shape index (κ2) is 5.17. The van der Waals surface area contributed by atoms with Crippen LogP contribution in [0, 0.1) is 0 Å². The number of aliphatic carboxylic acids is 1. The molecule has 1 fully saturated rings. The molecule has 2 rings (SSSR count). The third-order valence-electron chi connectivity index (χ3n) is 3.13. The maximum absolute atomic E-state index is 11.5. The van der Waals surface area contributed by atoms with Crippen LogP contribution in [0.2, 0.25) is 0 Å². The fourth-order valence-electron chi connectivity index (χ4n) is 2.12. The van der Waals surface area contributed by atoms with E-state index in [-0.39, 0.29) is 18.5 Å². The molecular formula is C13H15NO5. The Kier molecular flexibility index (Phi) is 3.59.